The minimum absolute atomic E-state index is 0.213. The predicted octanol–water partition coefficient (Wildman–Crippen LogP) is 3.81. The summed E-state index contributed by atoms with van der Waals surface area (Å²) in [6.45, 7) is 6.76. The van der Waals surface area contributed by atoms with Crippen LogP contribution in [0.15, 0.2) is 35.0 Å². The Hall–Kier alpha value is -2.67. The quantitative estimate of drug-likeness (QED) is 0.682. The highest BCUT2D eigenvalue weighted by atomic mass is 32.1. The maximum absolute atomic E-state index is 12.1. The van der Waals surface area contributed by atoms with Crippen LogP contribution in [0.25, 0.3) is 6.08 Å². The number of nitrogens with one attached hydrogen (secondary N) is 1. The zero-order valence-corrected chi connectivity index (χ0v) is 15.3. The number of aromatic nitrogens is 3. The van der Waals surface area contributed by atoms with Crippen molar-refractivity contribution in [3.63, 3.8) is 0 Å². The second-order valence-electron chi connectivity index (χ2n) is 5.67. The lowest BCUT2D eigenvalue weighted by atomic mass is 10.2. The zero-order valence-electron chi connectivity index (χ0n) is 14.4. The average molecular weight is 356 g/mol. The molecule has 0 saturated carbocycles. The fourth-order valence-corrected chi connectivity index (χ4v) is 3.24. The first kappa shape index (κ1) is 17.2. The summed E-state index contributed by atoms with van der Waals surface area (Å²) in [4.78, 5) is 12.1. The molecule has 130 valence electrons. The lowest BCUT2D eigenvalue weighted by Gasteiger charge is -2.07. The molecule has 0 radical (unpaired) electrons. The summed E-state index contributed by atoms with van der Waals surface area (Å²) >= 11 is 1.39. The number of rotatable bonds is 6. The van der Waals surface area contributed by atoms with E-state index in [0.717, 1.165) is 34.1 Å². The molecule has 0 saturated heterocycles. The molecule has 0 fully saturated rings. The first-order valence-corrected chi connectivity index (χ1v) is 8.89. The summed E-state index contributed by atoms with van der Waals surface area (Å²) in [6, 6.07) is 5.89. The molecule has 0 aliphatic heterocycles. The minimum atomic E-state index is -0.213. The van der Waals surface area contributed by atoms with Gasteiger partial charge >= 0.3 is 0 Å². The van der Waals surface area contributed by atoms with Crippen LogP contribution in [0.2, 0.25) is 0 Å². The van der Waals surface area contributed by atoms with E-state index in [0.29, 0.717) is 11.7 Å². The second-order valence-corrected chi connectivity index (χ2v) is 6.73. The van der Waals surface area contributed by atoms with E-state index in [-0.39, 0.29) is 5.91 Å². The van der Waals surface area contributed by atoms with Gasteiger partial charge in [0.1, 0.15) is 10.8 Å². The highest BCUT2D eigenvalue weighted by Crippen LogP contribution is 2.19. The molecule has 3 aromatic heterocycles. The first-order chi connectivity index (χ1) is 12.1. The van der Waals surface area contributed by atoms with Crippen LogP contribution in [0.5, 0.6) is 0 Å². The summed E-state index contributed by atoms with van der Waals surface area (Å²) in [5.41, 5.74) is 3.21. The van der Waals surface area contributed by atoms with Crippen molar-refractivity contribution in [3.8, 4) is 0 Å². The van der Waals surface area contributed by atoms with Gasteiger partial charge < -0.3 is 8.98 Å². The zero-order chi connectivity index (χ0) is 17.8. The molecule has 0 unspecified atom stereocenters. The number of nitrogens with zero attached hydrogens (tertiary/aromatic N) is 3. The van der Waals surface area contributed by atoms with Gasteiger partial charge in [-0.15, -0.1) is 10.2 Å². The molecule has 7 heteroatoms. The molecule has 0 aromatic carbocycles. The highest BCUT2D eigenvalue weighted by molar-refractivity contribution is 7.15. The number of hydrogen-bond acceptors (Lipinski definition) is 5. The molecule has 3 rings (SSSR count). The summed E-state index contributed by atoms with van der Waals surface area (Å²) in [5.74, 6) is 0.688. The molecule has 6 nitrogen and oxygen atoms in total. The van der Waals surface area contributed by atoms with Gasteiger partial charge in [0.25, 0.3) is 0 Å². The minimum Gasteiger partial charge on any atom is -0.467 e. The molecule has 3 heterocycles. The summed E-state index contributed by atoms with van der Waals surface area (Å²) in [5, 5.41) is 12.1. The molecule has 0 spiro atoms. The van der Waals surface area contributed by atoms with Gasteiger partial charge in [0.2, 0.25) is 11.0 Å². The average Bonchev–Trinajstić information content (AvgIpc) is 3.31. The Bertz CT molecular complexity index is 890. The molecule has 3 aromatic rings. The van der Waals surface area contributed by atoms with Crippen molar-refractivity contribution in [2.75, 3.05) is 5.32 Å². The number of hydrogen-bond donors (Lipinski definition) is 1. The Morgan fingerprint density at radius 3 is 2.92 bits per heavy atom. The van der Waals surface area contributed by atoms with Gasteiger partial charge in [0.15, 0.2) is 0 Å². The Morgan fingerprint density at radius 1 is 1.40 bits per heavy atom. The number of carbonyl (C=O) groups excluding carboxylic acids is 1. The second kappa shape index (κ2) is 7.48. The van der Waals surface area contributed by atoms with E-state index in [1.165, 1.54) is 17.4 Å². The summed E-state index contributed by atoms with van der Waals surface area (Å²) < 4.78 is 7.58. The molecule has 0 aliphatic rings. The smallest absolute Gasteiger partial charge is 0.250 e. The lowest BCUT2D eigenvalue weighted by molar-refractivity contribution is -0.111. The van der Waals surface area contributed by atoms with Crippen LogP contribution >= 0.6 is 11.3 Å². The van der Waals surface area contributed by atoms with Crippen LogP contribution in [-0.2, 0) is 17.8 Å². The van der Waals surface area contributed by atoms with Crippen molar-refractivity contribution in [3.05, 3.63) is 58.3 Å². The van der Waals surface area contributed by atoms with Crippen LogP contribution in [0.4, 0.5) is 5.13 Å². The maximum Gasteiger partial charge on any atom is 0.250 e. The third-order valence-corrected chi connectivity index (χ3v) is 4.90. The van der Waals surface area contributed by atoms with Crippen molar-refractivity contribution < 1.29 is 9.21 Å². The van der Waals surface area contributed by atoms with E-state index in [2.05, 4.69) is 26.1 Å². The van der Waals surface area contributed by atoms with Crippen molar-refractivity contribution >= 4 is 28.5 Å². The molecule has 25 heavy (non-hydrogen) atoms. The van der Waals surface area contributed by atoms with Crippen molar-refractivity contribution in [2.45, 2.75) is 33.7 Å². The van der Waals surface area contributed by atoms with Crippen molar-refractivity contribution in [2.24, 2.45) is 0 Å². The summed E-state index contributed by atoms with van der Waals surface area (Å²) in [6.07, 6.45) is 5.82. The van der Waals surface area contributed by atoms with Gasteiger partial charge in [0, 0.05) is 17.5 Å². The topological polar surface area (TPSA) is 73.0 Å². The molecule has 0 bridgehead atoms. The molecule has 1 N–H and O–H groups in total. The Morgan fingerprint density at radius 2 is 2.24 bits per heavy atom. The van der Waals surface area contributed by atoms with Gasteiger partial charge in [-0.3, -0.25) is 10.1 Å². The van der Waals surface area contributed by atoms with Crippen LogP contribution in [-0.4, -0.2) is 20.7 Å². The number of furan rings is 1. The normalized spacial score (nSPS) is 11.3. The molecule has 0 aliphatic carbocycles. The fraction of sp³-hybridized carbons (Fsp3) is 0.278. The molecular weight excluding hydrogens is 336 g/mol. The Labute approximate surface area is 150 Å². The van der Waals surface area contributed by atoms with Crippen molar-refractivity contribution in [1.82, 2.24) is 14.8 Å². The Balaban J connectivity index is 1.69. The third-order valence-electron chi connectivity index (χ3n) is 3.92. The predicted molar refractivity (Wildman–Crippen MR) is 98.7 cm³/mol. The van der Waals surface area contributed by atoms with Gasteiger partial charge in [-0.25, -0.2) is 0 Å². The van der Waals surface area contributed by atoms with E-state index in [1.54, 1.807) is 6.26 Å². The SMILES string of the molecule is CCc1nnc(NC(=O)/C=C/c2cc(C)n(Cc3ccco3)c2C)s1. The van der Waals surface area contributed by atoms with Gasteiger partial charge in [-0.2, -0.15) is 0 Å². The largest absolute Gasteiger partial charge is 0.467 e. The van der Waals surface area contributed by atoms with Crippen LogP contribution in [0.1, 0.15) is 34.6 Å². The van der Waals surface area contributed by atoms with E-state index in [9.17, 15) is 4.79 Å². The Kier molecular flexibility index (Phi) is 5.14. The van der Waals surface area contributed by atoms with E-state index >= 15 is 0 Å². The number of amides is 1. The highest BCUT2D eigenvalue weighted by Gasteiger charge is 2.10. The number of aryl methyl sites for hydroxylation is 2. The lowest BCUT2D eigenvalue weighted by Crippen LogP contribution is -2.07. The molecule has 0 atom stereocenters. The maximum atomic E-state index is 12.1. The van der Waals surface area contributed by atoms with Crippen LogP contribution in [0.3, 0.4) is 0 Å². The number of anilines is 1. The van der Waals surface area contributed by atoms with Crippen LogP contribution < -0.4 is 5.32 Å². The van der Waals surface area contributed by atoms with E-state index in [4.69, 9.17) is 4.42 Å². The standard InChI is InChI=1S/C18H20N4O2S/c1-4-17-20-21-18(25-17)19-16(23)8-7-14-10-12(2)22(13(14)3)11-15-6-5-9-24-15/h5-10H,4,11H2,1-3H3,(H,19,21,23)/b8-7+. The fourth-order valence-electron chi connectivity index (χ4n) is 2.56. The summed E-state index contributed by atoms with van der Waals surface area (Å²) in [7, 11) is 0. The van der Waals surface area contributed by atoms with Gasteiger partial charge in [-0.05, 0) is 50.1 Å². The van der Waals surface area contributed by atoms with Crippen LogP contribution in [0, 0.1) is 13.8 Å². The number of carbonyl (C=O) groups is 1. The van der Waals surface area contributed by atoms with E-state index < -0.39 is 0 Å². The first-order valence-electron chi connectivity index (χ1n) is 8.07. The monoisotopic (exact) mass is 356 g/mol. The third kappa shape index (κ3) is 4.06. The molecular formula is C18H20N4O2S. The van der Waals surface area contributed by atoms with E-state index in [1.807, 2.05) is 39.0 Å². The van der Waals surface area contributed by atoms with Crippen molar-refractivity contribution in [1.29, 1.82) is 0 Å². The molecule has 1 amide bonds. The van der Waals surface area contributed by atoms with Gasteiger partial charge in [0.05, 0.1) is 12.8 Å². The van der Waals surface area contributed by atoms with Gasteiger partial charge in [-0.1, -0.05) is 18.3 Å².